The Morgan fingerprint density at radius 1 is 1.55 bits per heavy atom. The summed E-state index contributed by atoms with van der Waals surface area (Å²) in [5, 5.41) is 3.02. The Kier molecular flexibility index (Phi) is 4.02. The Morgan fingerprint density at radius 3 is 3.05 bits per heavy atom. The third kappa shape index (κ3) is 2.92. The van der Waals surface area contributed by atoms with Crippen LogP contribution < -0.4 is 5.32 Å². The summed E-state index contributed by atoms with van der Waals surface area (Å²) < 4.78 is 7.38. The number of imidazole rings is 1. The lowest BCUT2D eigenvalue weighted by atomic mass is 9.96. The van der Waals surface area contributed by atoms with Crippen molar-refractivity contribution >= 4 is 5.91 Å². The van der Waals surface area contributed by atoms with Gasteiger partial charge in [0.25, 0.3) is 0 Å². The zero-order valence-electron chi connectivity index (χ0n) is 13.2. The SMILES string of the molecule is CC(C)NC(=O)[C@H]1CN(Cc2ccco2)Cc2ncn(C)c21. The number of aryl methyl sites for hydroxylation is 1. The van der Waals surface area contributed by atoms with Crippen molar-refractivity contribution in [3.8, 4) is 0 Å². The number of aromatic nitrogens is 2. The van der Waals surface area contributed by atoms with E-state index < -0.39 is 0 Å². The van der Waals surface area contributed by atoms with Crippen LogP contribution >= 0.6 is 0 Å². The monoisotopic (exact) mass is 302 g/mol. The van der Waals surface area contributed by atoms with Gasteiger partial charge in [0.05, 0.1) is 36.4 Å². The normalized spacial score (nSPS) is 18.5. The number of hydrogen-bond acceptors (Lipinski definition) is 4. The molecule has 3 rings (SSSR count). The van der Waals surface area contributed by atoms with Gasteiger partial charge >= 0.3 is 0 Å². The quantitative estimate of drug-likeness (QED) is 0.932. The minimum absolute atomic E-state index is 0.0593. The number of rotatable bonds is 4. The molecule has 1 aliphatic rings. The van der Waals surface area contributed by atoms with Crippen LogP contribution in [0.4, 0.5) is 0 Å². The van der Waals surface area contributed by atoms with E-state index in [1.165, 1.54) is 0 Å². The molecule has 0 aliphatic carbocycles. The van der Waals surface area contributed by atoms with Gasteiger partial charge in [-0.2, -0.15) is 0 Å². The first-order valence-electron chi connectivity index (χ1n) is 7.59. The van der Waals surface area contributed by atoms with Gasteiger partial charge in [-0.1, -0.05) is 0 Å². The van der Waals surface area contributed by atoms with Gasteiger partial charge in [-0.25, -0.2) is 4.98 Å². The number of nitrogens with one attached hydrogen (secondary N) is 1. The molecule has 1 aliphatic heterocycles. The van der Waals surface area contributed by atoms with Gasteiger partial charge in [-0.3, -0.25) is 9.69 Å². The van der Waals surface area contributed by atoms with Crippen LogP contribution in [-0.4, -0.2) is 32.9 Å². The summed E-state index contributed by atoms with van der Waals surface area (Å²) in [6.07, 6.45) is 3.46. The first kappa shape index (κ1) is 14.8. The van der Waals surface area contributed by atoms with Crippen molar-refractivity contribution in [1.82, 2.24) is 19.8 Å². The maximum absolute atomic E-state index is 12.6. The molecule has 0 unspecified atom stereocenters. The summed E-state index contributed by atoms with van der Waals surface area (Å²) in [5.74, 6) is 0.764. The molecule has 2 aromatic heterocycles. The van der Waals surface area contributed by atoms with Crippen molar-refractivity contribution in [2.24, 2.45) is 7.05 Å². The molecule has 6 nitrogen and oxygen atoms in total. The molecule has 118 valence electrons. The molecule has 1 N–H and O–H groups in total. The molecule has 0 radical (unpaired) electrons. The van der Waals surface area contributed by atoms with Gasteiger partial charge in [0.2, 0.25) is 5.91 Å². The molecule has 0 spiro atoms. The van der Waals surface area contributed by atoms with E-state index in [-0.39, 0.29) is 17.9 Å². The summed E-state index contributed by atoms with van der Waals surface area (Å²) in [6.45, 7) is 6.06. The molecule has 0 saturated carbocycles. The van der Waals surface area contributed by atoms with Crippen LogP contribution in [0.5, 0.6) is 0 Å². The van der Waals surface area contributed by atoms with Gasteiger partial charge in [0.1, 0.15) is 5.76 Å². The van der Waals surface area contributed by atoms with E-state index >= 15 is 0 Å². The smallest absolute Gasteiger partial charge is 0.230 e. The molecule has 0 saturated heterocycles. The lowest BCUT2D eigenvalue weighted by Crippen LogP contribution is -2.43. The standard InChI is InChI=1S/C16H22N4O2/c1-11(2)18-16(21)13-8-20(7-12-5-4-6-22-12)9-14-15(13)19(3)10-17-14/h4-6,10-11,13H,7-9H2,1-3H3,(H,18,21)/t13-/m0/s1. The molecule has 2 aromatic rings. The lowest BCUT2D eigenvalue weighted by Gasteiger charge is -2.32. The topological polar surface area (TPSA) is 63.3 Å². The van der Waals surface area contributed by atoms with Crippen molar-refractivity contribution < 1.29 is 9.21 Å². The predicted molar refractivity (Wildman–Crippen MR) is 82.0 cm³/mol. The molecule has 0 fully saturated rings. The van der Waals surface area contributed by atoms with Crippen molar-refractivity contribution in [2.75, 3.05) is 6.54 Å². The number of furan rings is 1. The van der Waals surface area contributed by atoms with E-state index in [0.717, 1.165) is 23.7 Å². The lowest BCUT2D eigenvalue weighted by molar-refractivity contribution is -0.124. The second-order valence-electron chi connectivity index (χ2n) is 6.15. The van der Waals surface area contributed by atoms with Crippen molar-refractivity contribution in [2.45, 2.75) is 38.9 Å². The Labute approximate surface area is 130 Å². The predicted octanol–water partition coefficient (Wildman–Crippen LogP) is 1.64. The van der Waals surface area contributed by atoms with Crippen LogP contribution in [0.15, 0.2) is 29.1 Å². The molecule has 0 aromatic carbocycles. The van der Waals surface area contributed by atoms with E-state index in [2.05, 4.69) is 15.2 Å². The van der Waals surface area contributed by atoms with Gasteiger partial charge in [0, 0.05) is 26.2 Å². The highest BCUT2D eigenvalue weighted by Gasteiger charge is 2.34. The number of carbonyl (C=O) groups is 1. The number of nitrogens with zero attached hydrogens (tertiary/aromatic N) is 3. The fraction of sp³-hybridized carbons (Fsp3) is 0.500. The molecular formula is C16H22N4O2. The van der Waals surface area contributed by atoms with Crippen LogP contribution in [-0.2, 0) is 24.9 Å². The molecule has 22 heavy (non-hydrogen) atoms. The zero-order chi connectivity index (χ0) is 15.7. The zero-order valence-corrected chi connectivity index (χ0v) is 13.2. The van der Waals surface area contributed by atoms with E-state index in [1.54, 1.807) is 12.6 Å². The summed E-state index contributed by atoms with van der Waals surface area (Å²) in [6, 6.07) is 3.97. The number of amides is 1. The average Bonchev–Trinajstić information content (AvgIpc) is 3.08. The van der Waals surface area contributed by atoms with E-state index in [1.807, 2.05) is 37.6 Å². The fourth-order valence-electron chi connectivity index (χ4n) is 3.01. The molecule has 1 amide bonds. The van der Waals surface area contributed by atoms with Crippen LogP contribution in [0.2, 0.25) is 0 Å². The summed E-state index contributed by atoms with van der Waals surface area (Å²) >= 11 is 0. The number of hydrogen-bond donors (Lipinski definition) is 1. The first-order chi connectivity index (χ1) is 10.5. The van der Waals surface area contributed by atoms with Crippen molar-refractivity contribution in [1.29, 1.82) is 0 Å². The van der Waals surface area contributed by atoms with Gasteiger partial charge in [0.15, 0.2) is 0 Å². The Balaban J connectivity index is 1.83. The summed E-state index contributed by atoms with van der Waals surface area (Å²) in [5.41, 5.74) is 2.00. The Bertz CT molecular complexity index is 645. The molecule has 0 bridgehead atoms. The van der Waals surface area contributed by atoms with Crippen LogP contribution in [0.1, 0.15) is 36.9 Å². The van der Waals surface area contributed by atoms with Crippen LogP contribution in [0.3, 0.4) is 0 Å². The largest absolute Gasteiger partial charge is 0.468 e. The van der Waals surface area contributed by atoms with Crippen LogP contribution in [0.25, 0.3) is 0 Å². The summed E-state index contributed by atoms with van der Waals surface area (Å²) in [7, 11) is 1.95. The third-order valence-electron chi connectivity index (χ3n) is 3.91. The highest BCUT2D eigenvalue weighted by Crippen LogP contribution is 2.28. The fourth-order valence-corrected chi connectivity index (χ4v) is 3.01. The second-order valence-corrected chi connectivity index (χ2v) is 6.15. The maximum Gasteiger partial charge on any atom is 0.230 e. The van der Waals surface area contributed by atoms with Gasteiger partial charge < -0.3 is 14.3 Å². The van der Waals surface area contributed by atoms with Gasteiger partial charge in [-0.05, 0) is 26.0 Å². The second kappa shape index (κ2) is 5.96. The molecular weight excluding hydrogens is 280 g/mol. The maximum atomic E-state index is 12.6. The highest BCUT2D eigenvalue weighted by molar-refractivity contribution is 5.84. The van der Waals surface area contributed by atoms with Crippen LogP contribution in [0, 0.1) is 0 Å². The van der Waals surface area contributed by atoms with E-state index in [0.29, 0.717) is 13.1 Å². The number of carbonyl (C=O) groups excluding carboxylic acids is 1. The minimum Gasteiger partial charge on any atom is -0.468 e. The highest BCUT2D eigenvalue weighted by atomic mass is 16.3. The minimum atomic E-state index is -0.200. The third-order valence-corrected chi connectivity index (χ3v) is 3.91. The molecule has 3 heterocycles. The average molecular weight is 302 g/mol. The van der Waals surface area contributed by atoms with Crippen molar-refractivity contribution in [3.05, 3.63) is 41.9 Å². The Hall–Kier alpha value is -2.08. The molecule has 1 atom stereocenters. The van der Waals surface area contributed by atoms with Gasteiger partial charge in [-0.15, -0.1) is 0 Å². The van der Waals surface area contributed by atoms with E-state index in [4.69, 9.17) is 4.42 Å². The Morgan fingerprint density at radius 2 is 2.36 bits per heavy atom. The first-order valence-corrected chi connectivity index (χ1v) is 7.59. The van der Waals surface area contributed by atoms with Crippen molar-refractivity contribution in [3.63, 3.8) is 0 Å². The van der Waals surface area contributed by atoms with E-state index in [9.17, 15) is 4.79 Å². The number of fused-ring (bicyclic) bond motifs is 1. The molecule has 6 heteroatoms. The summed E-state index contributed by atoms with van der Waals surface area (Å²) in [4.78, 5) is 19.2.